The van der Waals surface area contributed by atoms with Crippen LogP contribution in [0, 0.1) is 0 Å². The standard InChI is InChI=1S/C23H34N4O3S/c1-5-27(18(2)3)23(25-16-6-15-24)26-20-9-11-21(12-10-20)30-17-19-7-13-22(14-8-19)31(4,28)29/h7-14,18H,5-6,15-17,24H2,1-4H3,(H,25,26). The van der Waals surface area contributed by atoms with Crippen molar-refractivity contribution in [3.8, 4) is 5.75 Å². The van der Waals surface area contributed by atoms with E-state index in [0.717, 1.165) is 35.9 Å². The third-order valence-electron chi connectivity index (χ3n) is 4.73. The number of hydrogen-bond acceptors (Lipinski definition) is 5. The van der Waals surface area contributed by atoms with E-state index in [2.05, 4.69) is 31.0 Å². The van der Waals surface area contributed by atoms with Gasteiger partial charge in [0.25, 0.3) is 0 Å². The monoisotopic (exact) mass is 446 g/mol. The van der Waals surface area contributed by atoms with Gasteiger partial charge in [0.05, 0.1) is 4.90 Å². The van der Waals surface area contributed by atoms with Crippen molar-refractivity contribution in [3.05, 3.63) is 54.1 Å². The lowest BCUT2D eigenvalue weighted by Gasteiger charge is -2.29. The van der Waals surface area contributed by atoms with Crippen molar-refractivity contribution in [1.82, 2.24) is 4.90 Å². The van der Waals surface area contributed by atoms with Gasteiger partial charge in [0.15, 0.2) is 15.8 Å². The van der Waals surface area contributed by atoms with Crippen molar-refractivity contribution in [1.29, 1.82) is 0 Å². The van der Waals surface area contributed by atoms with Crippen LogP contribution in [0.25, 0.3) is 0 Å². The van der Waals surface area contributed by atoms with E-state index in [9.17, 15) is 8.42 Å². The predicted molar refractivity (Wildman–Crippen MR) is 127 cm³/mol. The van der Waals surface area contributed by atoms with Gasteiger partial charge in [0.1, 0.15) is 12.4 Å². The van der Waals surface area contributed by atoms with Crippen LogP contribution in [0.2, 0.25) is 0 Å². The summed E-state index contributed by atoms with van der Waals surface area (Å²) in [4.78, 5) is 7.21. The van der Waals surface area contributed by atoms with Crippen LogP contribution in [0.15, 0.2) is 58.4 Å². The Hall–Kier alpha value is -2.58. The Kier molecular flexibility index (Phi) is 9.33. The molecule has 0 amide bonds. The van der Waals surface area contributed by atoms with E-state index in [1.807, 2.05) is 24.3 Å². The summed E-state index contributed by atoms with van der Waals surface area (Å²) in [6.07, 6.45) is 2.04. The molecule has 0 spiro atoms. The Morgan fingerprint density at radius 1 is 1.13 bits per heavy atom. The maximum atomic E-state index is 11.5. The number of hydrogen-bond donors (Lipinski definition) is 2. The molecule has 0 aliphatic carbocycles. The Labute approximate surface area is 186 Å². The fourth-order valence-electron chi connectivity index (χ4n) is 3.00. The second-order valence-corrected chi connectivity index (χ2v) is 9.60. The molecule has 0 radical (unpaired) electrons. The number of nitrogens with one attached hydrogen (secondary N) is 1. The first kappa shape index (κ1) is 24.7. The van der Waals surface area contributed by atoms with Crippen LogP contribution in [0.5, 0.6) is 5.75 Å². The molecule has 0 saturated carbocycles. The van der Waals surface area contributed by atoms with Gasteiger partial charge in [0, 0.05) is 31.1 Å². The first-order valence-corrected chi connectivity index (χ1v) is 12.4. The molecule has 0 aromatic heterocycles. The Morgan fingerprint density at radius 3 is 2.29 bits per heavy atom. The molecule has 0 aliphatic heterocycles. The highest BCUT2D eigenvalue weighted by molar-refractivity contribution is 7.90. The van der Waals surface area contributed by atoms with Crippen LogP contribution in [0.3, 0.4) is 0 Å². The highest BCUT2D eigenvalue weighted by Crippen LogP contribution is 2.19. The number of benzene rings is 2. The quantitative estimate of drug-likeness (QED) is 0.329. The number of nitrogens with two attached hydrogens (primary N) is 1. The number of rotatable bonds is 10. The normalized spacial score (nSPS) is 12.1. The molecule has 0 heterocycles. The first-order chi connectivity index (χ1) is 14.7. The molecule has 0 atom stereocenters. The summed E-state index contributed by atoms with van der Waals surface area (Å²) in [5.41, 5.74) is 7.43. The number of sulfone groups is 1. The van der Waals surface area contributed by atoms with E-state index in [0.29, 0.717) is 30.6 Å². The molecule has 0 bridgehead atoms. The van der Waals surface area contributed by atoms with Crippen LogP contribution in [-0.4, -0.2) is 51.2 Å². The maximum absolute atomic E-state index is 11.5. The number of guanidine groups is 1. The molecule has 2 aromatic carbocycles. The molecular formula is C23H34N4O3S. The van der Waals surface area contributed by atoms with Crippen LogP contribution < -0.4 is 15.8 Å². The number of nitrogens with zero attached hydrogens (tertiary/aromatic N) is 2. The zero-order valence-corrected chi connectivity index (χ0v) is 19.7. The Morgan fingerprint density at radius 2 is 1.77 bits per heavy atom. The van der Waals surface area contributed by atoms with Crippen LogP contribution in [0.1, 0.15) is 32.8 Å². The molecule has 8 heteroatoms. The van der Waals surface area contributed by atoms with Gasteiger partial charge in [-0.1, -0.05) is 12.1 Å². The predicted octanol–water partition coefficient (Wildman–Crippen LogP) is 3.52. The third kappa shape index (κ3) is 7.88. The zero-order valence-electron chi connectivity index (χ0n) is 18.8. The van der Waals surface area contributed by atoms with Gasteiger partial charge in [-0.15, -0.1) is 0 Å². The van der Waals surface area contributed by atoms with E-state index in [-0.39, 0.29) is 0 Å². The van der Waals surface area contributed by atoms with Crippen molar-refractivity contribution >= 4 is 21.5 Å². The molecule has 2 aromatic rings. The molecule has 2 rings (SSSR count). The molecule has 0 saturated heterocycles. The fourth-order valence-corrected chi connectivity index (χ4v) is 3.63. The van der Waals surface area contributed by atoms with Gasteiger partial charge in [-0.05, 0) is 75.7 Å². The summed E-state index contributed by atoms with van der Waals surface area (Å²) >= 11 is 0. The van der Waals surface area contributed by atoms with Gasteiger partial charge in [-0.2, -0.15) is 0 Å². The molecule has 0 unspecified atom stereocenters. The van der Waals surface area contributed by atoms with E-state index in [1.54, 1.807) is 24.3 Å². The van der Waals surface area contributed by atoms with Crippen molar-refractivity contribution in [2.24, 2.45) is 10.7 Å². The van der Waals surface area contributed by atoms with Crippen molar-refractivity contribution in [2.75, 3.05) is 31.2 Å². The largest absolute Gasteiger partial charge is 0.489 e. The summed E-state index contributed by atoms with van der Waals surface area (Å²) in [5.74, 6) is 1.57. The SMILES string of the molecule is CCN(C(=NCCCN)Nc1ccc(OCc2ccc(S(C)(=O)=O)cc2)cc1)C(C)C. The average molecular weight is 447 g/mol. The molecular weight excluding hydrogens is 412 g/mol. The van der Waals surface area contributed by atoms with Gasteiger partial charge >= 0.3 is 0 Å². The third-order valence-corrected chi connectivity index (χ3v) is 5.86. The fraction of sp³-hybridized carbons (Fsp3) is 0.435. The van der Waals surface area contributed by atoms with Crippen LogP contribution >= 0.6 is 0 Å². The summed E-state index contributed by atoms with van der Waals surface area (Å²) in [6.45, 7) is 8.91. The molecule has 0 aliphatic rings. The number of anilines is 1. The van der Waals surface area contributed by atoms with E-state index in [1.165, 1.54) is 6.26 Å². The second-order valence-electron chi connectivity index (χ2n) is 7.58. The first-order valence-electron chi connectivity index (χ1n) is 10.5. The molecule has 3 N–H and O–H groups in total. The summed E-state index contributed by atoms with van der Waals surface area (Å²) in [6, 6.07) is 14.8. The van der Waals surface area contributed by atoms with Crippen molar-refractivity contribution < 1.29 is 13.2 Å². The lowest BCUT2D eigenvalue weighted by molar-refractivity contribution is 0.306. The minimum absolute atomic E-state index is 0.304. The lowest BCUT2D eigenvalue weighted by atomic mass is 10.2. The molecule has 0 fully saturated rings. The topological polar surface area (TPSA) is 97.0 Å². The lowest BCUT2D eigenvalue weighted by Crippen LogP contribution is -2.41. The summed E-state index contributed by atoms with van der Waals surface area (Å²) in [5, 5.41) is 3.41. The van der Waals surface area contributed by atoms with Gasteiger partial charge in [0.2, 0.25) is 0 Å². The average Bonchev–Trinajstić information content (AvgIpc) is 2.73. The minimum atomic E-state index is -3.19. The Balaban J connectivity index is 2.01. The number of ether oxygens (including phenoxy) is 1. The molecule has 170 valence electrons. The van der Waals surface area contributed by atoms with E-state index in [4.69, 9.17) is 15.5 Å². The van der Waals surface area contributed by atoms with Gasteiger partial charge < -0.3 is 20.7 Å². The molecule has 7 nitrogen and oxygen atoms in total. The number of aliphatic imine (C=N–C) groups is 1. The van der Waals surface area contributed by atoms with Gasteiger partial charge in [-0.25, -0.2) is 8.42 Å². The smallest absolute Gasteiger partial charge is 0.198 e. The van der Waals surface area contributed by atoms with Crippen LogP contribution in [0.4, 0.5) is 5.69 Å². The summed E-state index contributed by atoms with van der Waals surface area (Å²) < 4.78 is 28.9. The molecule has 31 heavy (non-hydrogen) atoms. The van der Waals surface area contributed by atoms with E-state index >= 15 is 0 Å². The second kappa shape index (κ2) is 11.7. The zero-order chi connectivity index (χ0) is 22.9. The maximum Gasteiger partial charge on any atom is 0.198 e. The summed E-state index contributed by atoms with van der Waals surface area (Å²) in [7, 11) is -3.19. The van der Waals surface area contributed by atoms with Crippen molar-refractivity contribution in [2.45, 2.75) is 44.7 Å². The highest BCUT2D eigenvalue weighted by Gasteiger charge is 2.13. The highest BCUT2D eigenvalue weighted by atomic mass is 32.2. The van der Waals surface area contributed by atoms with Crippen molar-refractivity contribution in [3.63, 3.8) is 0 Å². The van der Waals surface area contributed by atoms with Gasteiger partial charge in [-0.3, -0.25) is 4.99 Å². The Bertz CT molecular complexity index is 940. The van der Waals surface area contributed by atoms with E-state index < -0.39 is 9.84 Å². The van der Waals surface area contributed by atoms with Crippen LogP contribution in [-0.2, 0) is 16.4 Å². The minimum Gasteiger partial charge on any atom is -0.489 e.